The largest absolute Gasteiger partial charge is 0.480 e. The van der Waals surface area contributed by atoms with Gasteiger partial charge in [0.15, 0.2) is 0 Å². The van der Waals surface area contributed by atoms with Crippen molar-refractivity contribution in [2.45, 2.75) is 84.0 Å². The number of nitrogens with two attached hydrogens (primary N) is 2. The first-order chi connectivity index (χ1) is 15.8. The van der Waals surface area contributed by atoms with E-state index in [1.807, 2.05) is 34.0 Å². The van der Waals surface area contributed by atoms with Crippen molar-refractivity contribution in [3.8, 4) is 0 Å². The molecule has 34 heavy (non-hydrogen) atoms. The SMILES string of the molecule is CSCCC(NC(=O)C(CCC(N)=O)NC(=O)C(CC(C)C)NC(=O)C(N)CC(C)C)C(=O)O. The van der Waals surface area contributed by atoms with Crippen LogP contribution in [0.3, 0.4) is 0 Å². The summed E-state index contributed by atoms with van der Waals surface area (Å²) in [6, 6.07) is -4.09. The van der Waals surface area contributed by atoms with E-state index in [4.69, 9.17) is 11.5 Å². The molecular formula is C22H41N5O6S. The zero-order valence-electron chi connectivity index (χ0n) is 20.8. The third kappa shape index (κ3) is 13.4. The molecule has 0 aliphatic heterocycles. The van der Waals surface area contributed by atoms with Gasteiger partial charge in [0.1, 0.15) is 18.1 Å². The second-order valence-corrected chi connectivity index (χ2v) is 10.2. The van der Waals surface area contributed by atoms with E-state index in [1.165, 1.54) is 11.8 Å². The highest BCUT2D eigenvalue weighted by Crippen LogP contribution is 2.09. The molecule has 0 fully saturated rings. The van der Waals surface area contributed by atoms with E-state index in [9.17, 15) is 29.1 Å². The molecule has 4 amide bonds. The minimum Gasteiger partial charge on any atom is -0.480 e. The number of carboxylic acid groups (broad SMARTS) is 1. The Morgan fingerprint density at radius 1 is 0.794 bits per heavy atom. The summed E-state index contributed by atoms with van der Waals surface area (Å²) in [5.41, 5.74) is 11.1. The summed E-state index contributed by atoms with van der Waals surface area (Å²) in [4.78, 5) is 61.1. The number of carboxylic acids is 1. The molecule has 0 aromatic rings. The fourth-order valence-corrected chi connectivity index (χ4v) is 3.66. The Morgan fingerprint density at radius 2 is 1.29 bits per heavy atom. The van der Waals surface area contributed by atoms with E-state index in [-0.39, 0.29) is 31.1 Å². The first-order valence-corrected chi connectivity index (χ1v) is 12.8. The van der Waals surface area contributed by atoms with Gasteiger partial charge in [0.25, 0.3) is 0 Å². The van der Waals surface area contributed by atoms with Gasteiger partial charge in [-0.1, -0.05) is 27.7 Å². The molecule has 0 heterocycles. The number of aliphatic carboxylic acids is 1. The molecular weight excluding hydrogens is 462 g/mol. The van der Waals surface area contributed by atoms with E-state index in [2.05, 4.69) is 16.0 Å². The smallest absolute Gasteiger partial charge is 0.326 e. The third-order valence-corrected chi connectivity index (χ3v) is 5.58. The molecule has 0 bridgehead atoms. The van der Waals surface area contributed by atoms with Crippen LogP contribution < -0.4 is 27.4 Å². The standard InChI is InChI=1S/C22H41N5O6S/c1-12(2)10-14(23)19(29)27-17(11-13(3)4)21(31)25-15(6-7-18(24)28)20(30)26-16(22(32)33)8-9-34-5/h12-17H,6-11,23H2,1-5H3,(H2,24,28)(H,25,31)(H,26,30)(H,27,29)(H,32,33). The Labute approximate surface area is 205 Å². The average Bonchev–Trinajstić information content (AvgIpc) is 2.71. The molecule has 0 aliphatic rings. The fraction of sp³-hybridized carbons (Fsp3) is 0.773. The molecule has 4 unspecified atom stereocenters. The van der Waals surface area contributed by atoms with Crippen LogP contribution in [0.5, 0.6) is 0 Å². The topological polar surface area (TPSA) is 194 Å². The van der Waals surface area contributed by atoms with Crippen LogP contribution in [0.4, 0.5) is 0 Å². The molecule has 12 heteroatoms. The lowest BCUT2D eigenvalue weighted by Crippen LogP contribution is -2.57. The van der Waals surface area contributed by atoms with E-state index in [1.54, 1.807) is 0 Å². The zero-order valence-corrected chi connectivity index (χ0v) is 21.6. The molecule has 8 N–H and O–H groups in total. The van der Waals surface area contributed by atoms with Crippen molar-refractivity contribution in [2.24, 2.45) is 23.3 Å². The van der Waals surface area contributed by atoms with Gasteiger partial charge >= 0.3 is 5.97 Å². The molecule has 0 saturated carbocycles. The first-order valence-electron chi connectivity index (χ1n) is 11.4. The molecule has 0 aliphatic carbocycles. The van der Waals surface area contributed by atoms with Gasteiger partial charge in [-0.15, -0.1) is 0 Å². The van der Waals surface area contributed by atoms with E-state index < -0.39 is 53.8 Å². The lowest BCUT2D eigenvalue weighted by atomic mass is 10.00. The summed E-state index contributed by atoms with van der Waals surface area (Å²) < 4.78 is 0. The van der Waals surface area contributed by atoms with Gasteiger partial charge in [-0.3, -0.25) is 19.2 Å². The van der Waals surface area contributed by atoms with E-state index >= 15 is 0 Å². The average molecular weight is 504 g/mol. The predicted octanol–water partition coefficient (Wildman–Crippen LogP) is -0.0365. The quantitative estimate of drug-likeness (QED) is 0.159. The first kappa shape index (κ1) is 31.7. The summed E-state index contributed by atoms with van der Waals surface area (Å²) in [6.45, 7) is 7.61. The van der Waals surface area contributed by atoms with Crippen LogP contribution in [0.2, 0.25) is 0 Å². The number of hydrogen-bond donors (Lipinski definition) is 6. The summed E-state index contributed by atoms with van der Waals surface area (Å²) in [5, 5.41) is 17.0. The Morgan fingerprint density at radius 3 is 1.76 bits per heavy atom. The second-order valence-electron chi connectivity index (χ2n) is 9.17. The van der Waals surface area contributed by atoms with Crippen molar-refractivity contribution in [1.82, 2.24) is 16.0 Å². The van der Waals surface area contributed by atoms with Crippen molar-refractivity contribution in [3.63, 3.8) is 0 Å². The number of rotatable bonds is 17. The lowest BCUT2D eigenvalue weighted by Gasteiger charge is -2.26. The Balaban J connectivity index is 5.53. The number of carbonyl (C=O) groups excluding carboxylic acids is 4. The fourth-order valence-electron chi connectivity index (χ4n) is 3.19. The van der Waals surface area contributed by atoms with Crippen molar-refractivity contribution in [2.75, 3.05) is 12.0 Å². The van der Waals surface area contributed by atoms with Gasteiger partial charge in [0.2, 0.25) is 23.6 Å². The van der Waals surface area contributed by atoms with Crippen molar-refractivity contribution in [1.29, 1.82) is 0 Å². The van der Waals surface area contributed by atoms with E-state index in [0.717, 1.165) is 0 Å². The van der Waals surface area contributed by atoms with Gasteiger partial charge in [0.05, 0.1) is 6.04 Å². The Bertz CT molecular complexity index is 703. The number of amides is 4. The Hall–Kier alpha value is -2.34. The highest BCUT2D eigenvalue weighted by atomic mass is 32.2. The lowest BCUT2D eigenvalue weighted by molar-refractivity contribution is -0.142. The van der Waals surface area contributed by atoms with Gasteiger partial charge in [-0.25, -0.2) is 4.79 Å². The third-order valence-electron chi connectivity index (χ3n) is 4.94. The number of carbonyl (C=O) groups is 5. The van der Waals surface area contributed by atoms with E-state index in [0.29, 0.717) is 18.6 Å². The minimum absolute atomic E-state index is 0.0400. The summed E-state index contributed by atoms with van der Waals surface area (Å²) in [7, 11) is 0. The number of thioether (sulfide) groups is 1. The maximum absolute atomic E-state index is 13.0. The molecule has 0 rings (SSSR count). The maximum Gasteiger partial charge on any atom is 0.326 e. The monoisotopic (exact) mass is 503 g/mol. The van der Waals surface area contributed by atoms with Crippen LogP contribution in [0.15, 0.2) is 0 Å². The van der Waals surface area contributed by atoms with Crippen molar-refractivity contribution >= 4 is 41.4 Å². The highest BCUT2D eigenvalue weighted by molar-refractivity contribution is 7.98. The molecule has 4 atom stereocenters. The van der Waals surface area contributed by atoms with Crippen LogP contribution in [0, 0.1) is 11.8 Å². The van der Waals surface area contributed by atoms with Crippen LogP contribution >= 0.6 is 11.8 Å². The van der Waals surface area contributed by atoms with Crippen molar-refractivity contribution in [3.05, 3.63) is 0 Å². The molecule has 0 radical (unpaired) electrons. The predicted molar refractivity (Wildman–Crippen MR) is 132 cm³/mol. The highest BCUT2D eigenvalue weighted by Gasteiger charge is 2.30. The molecule has 0 spiro atoms. The number of hydrogen-bond acceptors (Lipinski definition) is 7. The molecule has 196 valence electrons. The zero-order chi connectivity index (χ0) is 26.4. The molecule has 0 aromatic heterocycles. The van der Waals surface area contributed by atoms with Gasteiger partial charge in [-0.2, -0.15) is 11.8 Å². The minimum atomic E-state index is -1.20. The summed E-state index contributed by atoms with van der Waals surface area (Å²) in [6.07, 6.45) is 2.43. The molecule has 0 aromatic carbocycles. The van der Waals surface area contributed by atoms with Gasteiger partial charge < -0.3 is 32.5 Å². The Kier molecular flexibility index (Phi) is 15.2. The van der Waals surface area contributed by atoms with Crippen LogP contribution in [-0.2, 0) is 24.0 Å². The van der Waals surface area contributed by atoms with Crippen molar-refractivity contribution < 1.29 is 29.1 Å². The van der Waals surface area contributed by atoms with Crippen LogP contribution in [0.1, 0.15) is 59.8 Å². The number of nitrogens with one attached hydrogen (secondary N) is 3. The second kappa shape index (κ2) is 16.3. The normalized spacial score (nSPS) is 14.7. The summed E-state index contributed by atoms with van der Waals surface area (Å²) in [5.74, 6) is -2.98. The van der Waals surface area contributed by atoms with Gasteiger partial charge in [0, 0.05) is 6.42 Å². The van der Waals surface area contributed by atoms with Crippen LogP contribution in [0.25, 0.3) is 0 Å². The molecule has 0 saturated heterocycles. The summed E-state index contributed by atoms with van der Waals surface area (Å²) >= 11 is 1.43. The van der Waals surface area contributed by atoms with Crippen LogP contribution in [-0.4, -0.2) is 70.9 Å². The molecule has 11 nitrogen and oxygen atoms in total. The van der Waals surface area contributed by atoms with Gasteiger partial charge in [-0.05, 0) is 49.5 Å². The number of primary amides is 1. The maximum atomic E-state index is 13.0.